The van der Waals surface area contributed by atoms with E-state index in [0.29, 0.717) is 49.5 Å². The van der Waals surface area contributed by atoms with Crippen LogP contribution < -0.4 is 15.4 Å². The van der Waals surface area contributed by atoms with Crippen LogP contribution in [0.3, 0.4) is 0 Å². The van der Waals surface area contributed by atoms with Gasteiger partial charge in [0.2, 0.25) is 5.91 Å². The number of halogens is 1. The monoisotopic (exact) mass is 650 g/mol. The molecule has 11 heteroatoms. The Balaban J connectivity index is 1.15. The molecule has 46 heavy (non-hydrogen) atoms. The first-order valence-corrected chi connectivity index (χ1v) is 15.8. The largest absolute Gasteiger partial charge is 0.495 e. The van der Waals surface area contributed by atoms with Crippen LogP contribution in [0.5, 0.6) is 5.75 Å². The lowest BCUT2D eigenvalue weighted by molar-refractivity contribution is -0.573. The lowest BCUT2D eigenvalue weighted by Gasteiger charge is -2.52. The zero-order valence-corrected chi connectivity index (χ0v) is 26.3. The van der Waals surface area contributed by atoms with Gasteiger partial charge in [-0.25, -0.2) is 4.98 Å². The Labute approximate surface area is 273 Å². The second kappa shape index (κ2) is 11.1. The first-order valence-electron chi connectivity index (χ1n) is 14.5. The molecular formula is C35H27ClN4O5S. The van der Waals surface area contributed by atoms with E-state index in [1.54, 1.807) is 41.8 Å². The summed E-state index contributed by atoms with van der Waals surface area (Å²) in [6, 6.07) is 26.8. The molecule has 3 aliphatic rings. The Bertz CT molecular complexity index is 2010. The molecule has 3 aliphatic carbocycles. The molecule has 5 aromatic rings. The molecule has 0 saturated carbocycles. The van der Waals surface area contributed by atoms with E-state index in [1.165, 1.54) is 18.4 Å². The highest BCUT2D eigenvalue weighted by Crippen LogP contribution is 2.64. The van der Waals surface area contributed by atoms with Crippen LogP contribution in [0.15, 0.2) is 96.4 Å². The van der Waals surface area contributed by atoms with Crippen LogP contribution >= 0.6 is 22.9 Å². The number of rotatable bonds is 7. The molecule has 8 rings (SSSR count). The number of carbonyl (C=O) groups excluding carboxylic acids is 2. The molecule has 1 atom stereocenters. The third kappa shape index (κ3) is 4.55. The number of nitrogens with zero attached hydrogens (tertiary/aromatic N) is 2. The number of benzene rings is 4. The Morgan fingerprint density at radius 2 is 1.67 bits per heavy atom. The number of hydrogen-bond donors (Lipinski definition) is 2. The van der Waals surface area contributed by atoms with Crippen molar-refractivity contribution in [1.82, 2.24) is 4.98 Å². The normalized spacial score (nSPS) is 20.7. The summed E-state index contributed by atoms with van der Waals surface area (Å²) < 4.78 is 5.17. The number of aromatic nitrogens is 1. The van der Waals surface area contributed by atoms with Crippen LogP contribution in [0.25, 0.3) is 11.3 Å². The molecule has 0 spiro atoms. The highest BCUT2D eigenvalue weighted by Gasteiger charge is 2.67. The van der Waals surface area contributed by atoms with Gasteiger partial charge in [0.25, 0.3) is 11.4 Å². The summed E-state index contributed by atoms with van der Waals surface area (Å²) in [6.45, 7) is 1.81. The summed E-state index contributed by atoms with van der Waals surface area (Å²) in [5.41, 5.74) is 2.43. The third-order valence-electron chi connectivity index (χ3n) is 9.08. The Kier molecular flexibility index (Phi) is 7.14. The Morgan fingerprint density at radius 3 is 2.33 bits per heavy atom. The zero-order chi connectivity index (χ0) is 32.2. The molecular weight excluding hydrogens is 624 g/mol. The van der Waals surface area contributed by atoms with Crippen LogP contribution in [-0.2, 0) is 10.3 Å². The number of nitrogens with one attached hydrogen (secondary N) is 2. The molecule has 1 heterocycles. The summed E-state index contributed by atoms with van der Waals surface area (Å²) in [5.74, 6) is -0.519. The summed E-state index contributed by atoms with van der Waals surface area (Å²) in [4.78, 5) is 44.5. The molecule has 0 fully saturated rings. The Morgan fingerprint density at radius 1 is 0.978 bits per heavy atom. The second-order valence-electron chi connectivity index (χ2n) is 11.7. The maximum absolute atomic E-state index is 14.2. The number of carbonyl (C=O) groups is 2. The highest BCUT2D eigenvalue weighted by molar-refractivity contribution is 7.14. The molecule has 0 aliphatic heterocycles. The van der Waals surface area contributed by atoms with Gasteiger partial charge in [-0.2, -0.15) is 0 Å². The van der Waals surface area contributed by atoms with E-state index in [4.69, 9.17) is 16.3 Å². The first-order chi connectivity index (χ1) is 22.2. The molecule has 2 amide bonds. The molecule has 1 aromatic heterocycles. The minimum atomic E-state index is -1.54. The summed E-state index contributed by atoms with van der Waals surface area (Å²) >= 11 is 7.45. The van der Waals surface area contributed by atoms with Gasteiger partial charge in [0.1, 0.15) is 5.75 Å². The van der Waals surface area contributed by atoms with E-state index in [9.17, 15) is 19.7 Å². The molecule has 230 valence electrons. The standard InChI is InChI=1S/C35H27ClN4O5S/c1-34(19-35(40(43)44)25-12-5-3-10-23(25)30(34)24-11-4-6-13-26(24)35)32(42)39-33-38-28(18-46-33)20-8-7-9-21(16-20)31(41)37-22-14-15-29(45-2)27(36)17-22/h3-18,30H,19H2,1-2H3,(H,37,41)(H,38,39,42). The van der Waals surface area contributed by atoms with Gasteiger partial charge in [0, 0.05) is 50.6 Å². The van der Waals surface area contributed by atoms with Gasteiger partial charge < -0.3 is 15.4 Å². The van der Waals surface area contributed by atoms with Crippen LogP contribution in [0.1, 0.15) is 51.9 Å². The summed E-state index contributed by atoms with van der Waals surface area (Å²) in [5, 5.41) is 21.3. The van der Waals surface area contributed by atoms with Crippen molar-refractivity contribution < 1.29 is 19.2 Å². The smallest absolute Gasteiger partial charge is 0.273 e. The summed E-state index contributed by atoms with van der Waals surface area (Å²) in [7, 11) is 1.52. The van der Waals surface area contributed by atoms with E-state index in [-0.39, 0.29) is 29.1 Å². The van der Waals surface area contributed by atoms with E-state index in [0.717, 1.165) is 11.1 Å². The Hall–Kier alpha value is -5.06. The van der Waals surface area contributed by atoms with Gasteiger partial charge in [-0.15, -0.1) is 11.3 Å². The predicted molar refractivity (Wildman–Crippen MR) is 177 cm³/mol. The van der Waals surface area contributed by atoms with Crippen molar-refractivity contribution in [2.24, 2.45) is 5.41 Å². The van der Waals surface area contributed by atoms with Crippen LogP contribution in [0, 0.1) is 15.5 Å². The van der Waals surface area contributed by atoms with Crippen LogP contribution in [0.4, 0.5) is 10.8 Å². The molecule has 1 unspecified atom stereocenters. The maximum atomic E-state index is 14.2. The maximum Gasteiger partial charge on any atom is 0.273 e. The van der Waals surface area contributed by atoms with Crippen molar-refractivity contribution in [3.63, 3.8) is 0 Å². The SMILES string of the molecule is COc1ccc(NC(=O)c2cccc(-c3csc(NC(=O)C4(C)CC5([N+](=O)[O-])c6ccccc6C4c4ccccc45)n3)c2)cc1Cl. The minimum absolute atomic E-state index is 0.0202. The number of fused-ring (bicyclic) bond motifs is 1. The molecule has 0 saturated heterocycles. The minimum Gasteiger partial charge on any atom is -0.495 e. The van der Waals surface area contributed by atoms with Gasteiger partial charge in [-0.05, 0) is 48.4 Å². The highest BCUT2D eigenvalue weighted by atomic mass is 35.5. The topological polar surface area (TPSA) is 123 Å². The van der Waals surface area contributed by atoms with Crippen molar-refractivity contribution in [3.05, 3.63) is 139 Å². The molecule has 0 radical (unpaired) electrons. The predicted octanol–water partition coefficient (Wildman–Crippen LogP) is 7.74. The van der Waals surface area contributed by atoms with Gasteiger partial charge in [0.05, 0.1) is 23.2 Å². The van der Waals surface area contributed by atoms with Crippen molar-refractivity contribution in [2.75, 3.05) is 17.7 Å². The fourth-order valence-corrected chi connectivity index (χ4v) is 7.99. The van der Waals surface area contributed by atoms with Gasteiger partial charge >= 0.3 is 0 Å². The second-order valence-corrected chi connectivity index (χ2v) is 13.0. The van der Waals surface area contributed by atoms with Crippen molar-refractivity contribution >= 4 is 45.6 Å². The molecule has 2 N–H and O–H groups in total. The zero-order valence-electron chi connectivity index (χ0n) is 24.7. The average Bonchev–Trinajstić information content (AvgIpc) is 3.53. The fourth-order valence-electron chi connectivity index (χ4n) is 7.02. The van der Waals surface area contributed by atoms with E-state index in [2.05, 4.69) is 15.6 Å². The van der Waals surface area contributed by atoms with E-state index < -0.39 is 11.0 Å². The van der Waals surface area contributed by atoms with Crippen molar-refractivity contribution in [3.8, 4) is 17.0 Å². The number of methoxy groups -OCH3 is 1. The lowest BCUT2D eigenvalue weighted by Crippen LogP contribution is -2.57. The fraction of sp³-hybridized carbons (Fsp3) is 0.171. The number of ether oxygens (including phenoxy) is 1. The first kappa shape index (κ1) is 29.6. The van der Waals surface area contributed by atoms with Gasteiger partial charge in [0.15, 0.2) is 5.13 Å². The molecule has 4 aromatic carbocycles. The number of amides is 2. The quantitative estimate of drug-likeness (QED) is 0.137. The number of nitro groups is 1. The van der Waals surface area contributed by atoms with Crippen molar-refractivity contribution in [1.29, 1.82) is 0 Å². The van der Waals surface area contributed by atoms with Crippen LogP contribution in [-0.4, -0.2) is 28.8 Å². The molecule has 9 nitrogen and oxygen atoms in total. The average molecular weight is 651 g/mol. The number of anilines is 2. The van der Waals surface area contributed by atoms with E-state index >= 15 is 0 Å². The van der Waals surface area contributed by atoms with Gasteiger partial charge in [-0.3, -0.25) is 19.7 Å². The van der Waals surface area contributed by atoms with Crippen molar-refractivity contribution in [2.45, 2.75) is 24.8 Å². The lowest BCUT2D eigenvalue weighted by atomic mass is 9.49. The number of thiazole rings is 1. The van der Waals surface area contributed by atoms with Gasteiger partial charge in [-0.1, -0.05) is 72.3 Å². The third-order valence-corrected chi connectivity index (χ3v) is 10.1. The molecule has 2 bridgehead atoms. The van der Waals surface area contributed by atoms with Crippen LogP contribution in [0.2, 0.25) is 5.02 Å². The number of hydrogen-bond acceptors (Lipinski definition) is 7. The van der Waals surface area contributed by atoms with E-state index in [1.807, 2.05) is 61.5 Å². The summed E-state index contributed by atoms with van der Waals surface area (Å²) in [6.07, 6.45) is 0.0202.